The fraction of sp³-hybridized carbons (Fsp3) is 0.167. The zero-order chi connectivity index (χ0) is 12.4. The number of benzene rings is 1. The Bertz CT molecular complexity index is 563. The van der Waals surface area contributed by atoms with Crippen LogP contribution in [0.15, 0.2) is 30.7 Å². The van der Waals surface area contributed by atoms with E-state index in [1.165, 1.54) is 0 Å². The quantitative estimate of drug-likeness (QED) is 0.910. The summed E-state index contributed by atoms with van der Waals surface area (Å²) in [5, 5.41) is 9.33. The van der Waals surface area contributed by atoms with Crippen LogP contribution in [0.4, 0.5) is 0 Å². The monoisotopic (exact) mass is 250 g/mol. The van der Waals surface area contributed by atoms with E-state index in [9.17, 15) is 4.79 Å². The van der Waals surface area contributed by atoms with E-state index >= 15 is 0 Å². The molecule has 1 aromatic heterocycles. The van der Waals surface area contributed by atoms with Gasteiger partial charge in [-0.1, -0.05) is 17.7 Å². The van der Waals surface area contributed by atoms with Crippen molar-refractivity contribution in [2.75, 3.05) is 0 Å². The number of imidazole rings is 1. The van der Waals surface area contributed by atoms with Crippen LogP contribution in [0.25, 0.3) is 5.69 Å². The fourth-order valence-corrected chi connectivity index (χ4v) is 1.67. The summed E-state index contributed by atoms with van der Waals surface area (Å²) in [6.07, 6.45) is 3.20. The number of carboxylic acids is 1. The summed E-state index contributed by atoms with van der Waals surface area (Å²) < 4.78 is 1.75. The highest BCUT2D eigenvalue weighted by atomic mass is 35.5. The Morgan fingerprint density at radius 3 is 2.94 bits per heavy atom. The Labute approximate surface area is 103 Å². The molecule has 2 aromatic rings. The predicted molar refractivity (Wildman–Crippen MR) is 64.7 cm³/mol. The molecule has 0 fully saturated rings. The van der Waals surface area contributed by atoms with E-state index in [1.54, 1.807) is 17.1 Å². The fourth-order valence-electron chi connectivity index (χ4n) is 1.49. The minimum atomic E-state index is -0.891. The number of aliphatic carboxylic acids is 1. The molecule has 0 atom stereocenters. The zero-order valence-electron chi connectivity index (χ0n) is 9.22. The van der Waals surface area contributed by atoms with Crippen molar-refractivity contribution in [3.05, 3.63) is 47.0 Å². The summed E-state index contributed by atoms with van der Waals surface area (Å²) in [6.45, 7) is 1.93. The Morgan fingerprint density at radius 1 is 1.53 bits per heavy atom. The molecule has 0 unspecified atom stereocenters. The topological polar surface area (TPSA) is 55.1 Å². The Morgan fingerprint density at radius 2 is 2.29 bits per heavy atom. The molecule has 0 aliphatic rings. The number of nitrogens with zero attached hydrogens (tertiary/aromatic N) is 2. The van der Waals surface area contributed by atoms with Gasteiger partial charge in [-0.15, -0.1) is 0 Å². The van der Waals surface area contributed by atoms with E-state index in [-0.39, 0.29) is 6.42 Å². The van der Waals surface area contributed by atoms with Gasteiger partial charge in [0.05, 0.1) is 18.4 Å². The van der Waals surface area contributed by atoms with Crippen molar-refractivity contribution in [1.82, 2.24) is 9.55 Å². The minimum Gasteiger partial charge on any atom is -0.481 e. The second-order valence-electron chi connectivity index (χ2n) is 3.78. The first-order chi connectivity index (χ1) is 8.06. The molecule has 5 heteroatoms. The predicted octanol–water partition coefficient (Wildman–Crippen LogP) is 2.46. The van der Waals surface area contributed by atoms with Crippen LogP contribution in [0.2, 0.25) is 5.02 Å². The van der Waals surface area contributed by atoms with Crippen LogP contribution in [-0.2, 0) is 11.2 Å². The van der Waals surface area contributed by atoms with E-state index < -0.39 is 5.97 Å². The zero-order valence-corrected chi connectivity index (χ0v) is 9.98. The maximum Gasteiger partial charge on any atom is 0.309 e. The molecule has 1 heterocycles. The van der Waals surface area contributed by atoms with Gasteiger partial charge in [0, 0.05) is 16.9 Å². The van der Waals surface area contributed by atoms with E-state index in [0.29, 0.717) is 10.7 Å². The molecule has 1 aromatic carbocycles. The van der Waals surface area contributed by atoms with Gasteiger partial charge in [-0.05, 0) is 24.6 Å². The normalized spacial score (nSPS) is 10.5. The maximum absolute atomic E-state index is 10.5. The lowest BCUT2D eigenvalue weighted by atomic mass is 10.2. The molecule has 0 amide bonds. The lowest BCUT2D eigenvalue weighted by molar-refractivity contribution is -0.136. The van der Waals surface area contributed by atoms with Gasteiger partial charge in [0.1, 0.15) is 0 Å². The highest BCUT2D eigenvalue weighted by molar-refractivity contribution is 6.31. The van der Waals surface area contributed by atoms with Crippen molar-refractivity contribution in [3.8, 4) is 5.69 Å². The summed E-state index contributed by atoms with van der Waals surface area (Å²) in [7, 11) is 0. The number of hydrogen-bond acceptors (Lipinski definition) is 2. The first-order valence-electron chi connectivity index (χ1n) is 5.07. The molecule has 1 N–H and O–H groups in total. The van der Waals surface area contributed by atoms with E-state index in [2.05, 4.69) is 4.98 Å². The SMILES string of the molecule is Cc1ccc(-n2cnc(CC(=O)O)c2)cc1Cl. The lowest BCUT2D eigenvalue weighted by Gasteiger charge is -2.04. The maximum atomic E-state index is 10.5. The molecule has 88 valence electrons. The Kier molecular flexibility index (Phi) is 3.15. The molecule has 0 aliphatic heterocycles. The summed E-state index contributed by atoms with van der Waals surface area (Å²) in [5.41, 5.74) is 2.39. The molecule has 2 rings (SSSR count). The first-order valence-corrected chi connectivity index (χ1v) is 5.45. The van der Waals surface area contributed by atoms with Crippen LogP contribution in [0.1, 0.15) is 11.3 Å². The number of aromatic nitrogens is 2. The van der Waals surface area contributed by atoms with Gasteiger partial charge in [-0.2, -0.15) is 0 Å². The van der Waals surface area contributed by atoms with Gasteiger partial charge in [-0.25, -0.2) is 4.98 Å². The van der Waals surface area contributed by atoms with Crippen molar-refractivity contribution in [2.45, 2.75) is 13.3 Å². The largest absolute Gasteiger partial charge is 0.481 e. The molecular weight excluding hydrogens is 240 g/mol. The van der Waals surface area contributed by atoms with Crippen LogP contribution >= 0.6 is 11.6 Å². The highest BCUT2D eigenvalue weighted by Crippen LogP contribution is 2.19. The summed E-state index contributed by atoms with van der Waals surface area (Å²) in [4.78, 5) is 14.6. The van der Waals surface area contributed by atoms with Gasteiger partial charge in [0.25, 0.3) is 0 Å². The van der Waals surface area contributed by atoms with Crippen molar-refractivity contribution in [2.24, 2.45) is 0 Å². The lowest BCUT2D eigenvalue weighted by Crippen LogP contribution is -1.99. The number of carbonyl (C=O) groups is 1. The number of halogens is 1. The van der Waals surface area contributed by atoms with E-state index in [1.807, 2.05) is 25.1 Å². The van der Waals surface area contributed by atoms with Crippen molar-refractivity contribution in [1.29, 1.82) is 0 Å². The molecule has 17 heavy (non-hydrogen) atoms. The van der Waals surface area contributed by atoms with Crippen molar-refractivity contribution >= 4 is 17.6 Å². The molecule has 4 nitrogen and oxygen atoms in total. The molecule has 0 aliphatic carbocycles. The third-order valence-corrected chi connectivity index (χ3v) is 2.83. The molecule has 0 bridgehead atoms. The van der Waals surface area contributed by atoms with Crippen molar-refractivity contribution < 1.29 is 9.90 Å². The molecular formula is C12H11ClN2O2. The molecule has 0 spiro atoms. The van der Waals surface area contributed by atoms with Crippen molar-refractivity contribution in [3.63, 3.8) is 0 Å². The van der Waals surface area contributed by atoms with Gasteiger partial charge in [0.15, 0.2) is 0 Å². The smallest absolute Gasteiger partial charge is 0.309 e. The van der Waals surface area contributed by atoms with Crippen LogP contribution in [0.3, 0.4) is 0 Å². The van der Waals surface area contributed by atoms with Crippen LogP contribution < -0.4 is 0 Å². The second kappa shape index (κ2) is 4.59. The Hall–Kier alpha value is -1.81. The summed E-state index contributed by atoms with van der Waals surface area (Å²) in [6, 6.07) is 5.64. The van der Waals surface area contributed by atoms with Gasteiger partial charge < -0.3 is 9.67 Å². The van der Waals surface area contributed by atoms with Crippen LogP contribution in [-0.4, -0.2) is 20.6 Å². The van der Waals surface area contributed by atoms with Gasteiger partial charge >= 0.3 is 5.97 Å². The highest BCUT2D eigenvalue weighted by Gasteiger charge is 2.06. The second-order valence-corrected chi connectivity index (χ2v) is 4.18. The van der Waals surface area contributed by atoms with Crippen LogP contribution in [0, 0.1) is 6.92 Å². The summed E-state index contributed by atoms with van der Waals surface area (Å²) >= 11 is 6.03. The van der Waals surface area contributed by atoms with Gasteiger partial charge in [0.2, 0.25) is 0 Å². The average Bonchev–Trinajstić information content (AvgIpc) is 2.69. The molecule has 0 saturated carbocycles. The number of carboxylic acid groups (broad SMARTS) is 1. The standard InChI is InChI=1S/C12H11ClN2O2/c1-8-2-3-10(5-11(8)13)15-6-9(14-7-15)4-12(16)17/h2-3,5-7H,4H2,1H3,(H,16,17). The number of hydrogen-bond donors (Lipinski definition) is 1. The van der Waals surface area contributed by atoms with Gasteiger partial charge in [-0.3, -0.25) is 4.79 Å². The molecule has 0 saturated heterocycles. The van der Waals surface area contributed by atoms with E-state index in [4.69, 9.17) is 16.7 Å². The first kappa shape index (κ1) is 11.7. The average molecular weight is 251 g/mol. The van der Waals surface area contributed by atoms with Crippen LogP contribution in [0.5, 0.6) is 0 Å². The number of aryl methyl sites for hydroxylation is 1. The molecule has 0 radical (unpaired) electrons. The minimum absolute atomic E-state index is 0.0768. The van der Waals surface area contributed by atoms with E-state index in [0.717, 1.165) is 11.3 Å². The third-order valence-electron chi connectivity index (χ3n) is 2.42. The third kappa shape index (κ3) is 2.65. The number of rotatable bonds is 3. The summed E-state index contributed by atoms with van der Waals surface area (Å²) in [5.74, 6) is -0.891. The Balaban J connectivity index is 2.30.